The Labute approximate surface area is 100 Å². The van der Waals surface area contributed by atoms with Gasteiger partial charge in [0, 0.05) is 0 Å². The van der Waals surface area contributed by atoms with E-state index in [0.29, 0.717) is 0 Å². The summed E-state index contributed by atoms with van der Waals surface area (Å²) in [5.74, 6) is 0. The number of hydrogen-bond acceptors (Lipinski definition) is 0. The van der Waals surface area contributed by atoms with Crippen LogP contribution in [0.25, 0.3) is 0 Å². The van der Waals surface area contributed by atoms with Gasteiger partial charge in [-0.1, -0.05) is 79.2 Å². The normalized spacial score (nSPS) is 6.93. The molecule has 0 saturated carbocycles. The van der Waals surface area contributed by atoms with E-state index in [-0.39, 0.29) is 0 Å². The van der Waals surface area contributed by atoms with Gasteiger partial charge in [0.1, 0.15) is 0 Å². The minimum atomic E-state index is 1.17. The van der Waals surface area contributed by atoms with E-state index >= 15 is 0 Å². The van der Waals surface area contributed by atoms with Crippen LogP contribution in [0.1, 0.15) is 87.5 Å². The van der Waals surface area contributed by atoms with Gasteiger partial charge < -0.3 is 0 Å². The number of allylic oxidation sites excluding steroid dienone is 1. The first-order valence-corrected chi connectivity index (χ1v) is 6.60. The lowest BCUT2D eigenvalue weighted by molar-refractivity contribution is 0.886. The molecule has 0 aliphatic rings. The Hall–Kier alpha value is -0.260. The van der Waals surface area contributed by atoms with Gasteiger partial charge in [0.25, 0.3) is 0 Å². The Morgan fingerprint density at radius 1 is 0.667 bits per heavy atom. The van der Waals surface area contributed by atoms with E-state index in [4.69, 9.17) is 0 Å². The molecule has 15 heavy (non-hydrogen) atoms. The molecule has 0 amide bonds. The molecule has 0 unspecified atom stereocenters. The first-order chi connectivity index (χ1) is 6.97. The molecule has 0 aliphatic heterocycles. The molecule has 0 spiro atoms. The monoisotopic (exact) mass is 216 g/mol. The van der Waals surface area contributed by atoms with E-state index in [1.807, 2.05) is 13.8 Å². The van der Waals surface area contributed by atoms with Crippen LogP contribution in [0.4, 0.5) is 0 Å². The zero-order valence-corrected chi connectivity index (χ0v) is 12.7. The largest absolute Gasteiger partial charge is 0.100 e. The van der Waals surface area contributed by atoms with E-state index < -0.39 is 0 Å². The highest BCUT2D eigenvalue weighted by atomic mass is 13.6. The lowest BCUT2D eigenvalue weighted by Gasteiger charge is -1.68. The molecule has 96 valence electrons. The molecule has 0 radical (unpaired) electrons. The van der Waals surface area contributed by atoms with Gasteiger partial charge in [0.05, 0.1) is 0 Å². The van der Waals surface area contributed by atoms with Crippen LogP contribution in [0.5, 0.6) is 0 Å². The molecular formula is C15H36. The minimum Gasteiger partial charge on any atom is -0.100 e. The van der Waals surface area contributed by atoms with Crippen molar-refractivity contribution in [1.29, 1.82) is 0 Å². The Balaban J connectivity index is -0.0000000542. The van der Waals surface area contributed by atoms with Crippen molar-refractivity contribution in [3.8, 4) is 0 Å². The highest BCUT2D eigenvalue weighted by Crippen LogP contribution is 1.77. The summed E-state index contributed by atoms with van der Waals surface area (Å²) in [6.45, 7) is 20.5. The molecule has 0 saturated heterocycles. The van der Waals surface area contributed by atoms with Gasteiger partial charge in [-0.2, -0.15) is 0 Å². The minimum absolute atomic E-state index is 1.17. The highest BCUT2D eigenvalue weighted by Gasteiger charge is 1.56. The van der Waals surface area contributed by atoms with Gasteiger partial charge in [-0.15, -0.1) is 6.58 Å². The molecule has 0 heteroatoms. The van der Waals surface area contributed by atoms with Crippen molar-refractivity contribution in [3.63, 3.8) is 0 Å². The SMILES string of the molecule is C=C(C)C.CCC.CCCC.CCCC. The molecule has 0 bridgehead atoms. The fourth-order valence-electron chi connectivity index (χ4n) is 0. The smallest absolute Gasteiger partial charge is 0.0445 e. The number of hydrogen-bond donors (Lipinski definition) is 0. The van der Waals surface area contributed by atoms with E-state index in [1.165, 1.54) is 37.7 Å². The van der Waals surface area contributed by atoms with Crippen LogP contribution in [-0.2, 0) is 0 Å². The zero-order chi connectivity index (χ0) is 13.1. The van der Waals surface area contributed by atoms with Crippen LogP contribution in [0.2, 0.25) is 0 Å². The molecule has 0 aliphatic carbocycles. The molecule has 0 fully saturated rings. The summed E-state index contributed by atoms with van der Waals surface area (Å²) < 4.78 is 0. The topological polar surface area (TPSA) is 0 Å². The molecule has 0 N–H and O–H groups in total. The fraction of sp³-hybridized carbons (Fsp3) is 0.867. The third-order valence-electron chi connectivity index (χ3n) is 1.000. The predicted molar refractivity (Wildman–Crippen MR) is 77.6 cm³/mol. The average Bonchev–Trinajstić information content (AvgIpc) is 2.18. The zero-order valence-electron chi connectivity index (χ0n) is 12.7. The molecular weight excluding hydrogens is 180 g/mol. The standard InChI is InChI=1S/C4H8.2C4H10.C3H8/c1-4(2)3;2*1-3-4-2;1-3-2/h1H2,2-3H3;2*3-4H2,1-2H3;3H2,1-2H3. The van der Waals surface area contributed by atoms with Crippen LogP contribution in [0.15, 0.2) is 12.2 Å². The van der Waals surface area contributed by atoms with Crippen LogP contribution in [0.3, 0.4) is 0 Å². The van der Waals surface area contributed by atoms with Crippen LogP contribution < -0.4 is 0 Å². The van der Waals surface area contributed by atoms with Gasteiger partial charge in [0.15, 0.2) is 0 Å². The van der Waals surface area contributed by atoms with E-state index in [0.717, 1.165) is 0 Å². The van der Waals surface area contributed by atoms with E-state index in [1.54, 1.807) is 0 Å². The van der Waals surface area contributed by atoms with Gasteiger partial charge in [-0.25, -0.2) is 0 Å². The van der Waals surface area contributed by atoms with Crippen LogP contribution >= 0.6 is 0 Å². The van der Waals surface area contributed by atoms with Gasteiger partial charge in [-0.3, -0.25) is 0 Å². The van der Waals surface area contributed by atoms with Crippen molar-refractivity contribution < 1.29 is 0 Å². The highest BCUT2D eigenvalue weighted by molar-refractivity contribution is 4.78. The summed E-state index contributed by atoms with van der Waals surface area (Å²) in [5, 5.41) is 0. The molecule has 0 aromatic heterocycles. The average molecular weight is 216 g/mol. The molecule has 0 rings (SSSR count). The van der Waals surface area contributed by atoms with Crippen molar-refractivity contribution in [2.24, 2.45) is 0 Å². The lowest BCUT2D eigenvalue weighted by atomic mass is 10.4. The van der Waals surface area contributed by atoms with Crippen molar-refractivity contribution in [3.05, 3.63) is 12.2 Å². The van der Waals surface area contributed by atoms with Crippen LogP contribution in [-0.4, -0.2) is 0 Å². The fourth-order valence-corrected chi connectivity index (χ4v) is 0. The summed E-state index contributed by atoms with van der Waals surface area (Å²) >= 11 is 0. The number of rotatable bonds is 2. The Morgan fingerprint density at radius 2 is 0.733 bits per heavy atom. The Morgan fingerprint density at radius 3 is 0.733 bits per heavy atom. The quantitative estimate of drug-likeness (QED) is 0.455. The Bertz CT molecular complexity index is 60.1. The molecule has 0 aromatic carbocycles. The predicted octanol–water partition coefficient (Wildman–Crippen LogP) is 6.61. The van der Waals surface area contributed by atoms with Crippen LogP contribution in [0, 0.1) is 0 Å². The number of unbranched alkanes of at least 4 members (excludes halogenated alkanes) is 2. The molecule has 0 aromatic rings. The third-order valence-corrected chi connectivity index (χ3v) is 1.000. The second kappa shape index (κ2) is 37.2. The van der Waals surface area contributed by atoms with Gasteiger partial charge in [-0.05, 0) is 13.8 Å². The maximum atomic E-state index is 3.56. The second-order valence-electron chi connectivity index (χ2n) is 3.91. The maximum absolute atomic E-state index is 3.56. The summed E-state index contributed by atoms with van der Waals surface area (Å²) in [6, 6.07) is 0. The van der Waals surface area contributed by atoms with Gasteiger partial charge in [0.2, 0.25) is 0 Å². The Kier molecular flexibility index (Phi) is 59.9. The maximum Gasteiger partial charge on any atom is -0.0445 e. The summed E-state index contributed by atoms with van der Waals surface area (Å²) in [7, 11) is 0. The summed E-state index contributed by atoms with van der Waals surface area (Å²) in [6.07, 6.45) is 6.53. The first-order valence-electron chi connectivity index (χ1n) is 6.60. The van der Waals surface area contributed by atoms with Crippen molar-refractivity contribution in [1.82, 2.24) is 0 Å². The van der Waals surface area contributed by atoms with Gasteiger partial charge >= 0.3 is 0 Å². The van der Waals surface area contributed by atoms with E-state index in [9.17, 15) is 0 Å². The molecule has 0 nitrogen and oxygen atoms in total. The summed E-state index contributed by atoms with van der Waals surface area (Å²) in [5.41, 5.74) is 1.17. The van der Waals surface area contributed by atoms with Crippen molar-refractivity contribution in [2.45, 2.75) is 87.5 Å². The van der Waals surface area contributed by atoms with Crippen molar-refractivity contribution >= 4 is 0 Å². The van der Waals surface area contributed by atoms with Crippen molar-refractivity contribution in [2.75, 3.05) is 0 Å². The summed E-state index contributed by atoms with van der Waals surface area (Å²) in [4.78, 5) is 0. The molecule has 0 atom stereocenters. The van der Waals surface area contributed by atoms with E-state index in [2.05, 4.69) is 48.1 Å². The third kappa shape index (κ3) is 625. The lowest BCUT2D eigenvalue weighted by Crippen LogP contribution is -1.47. The second-order valence-corrected chi connectivity index (χ2v) is 3.91. The first kappa shape index (κ1) is 24.1. The molecule has 0 heterocycles.